The Balaban J connectivity index is 1.43. The summed E-state index contributed by atoms with van der Waals surface area (Å²) in [5, 5.41) is 3.45. The minimum atomic E-state index is -0.208. The number of piperidine rings is 1. The van der Waals surface area contributed by atoms with Gasteiger partial charge < -0.3 is 19.5 Å². The van der Waals surface area contributed by atoms with E-state index < -0.39 is 0 Å². The fourth-order valence-corrected chi connectivity index (χ4v) is 4.84. The van der Waals surface area contributed by atoms with Gasteiger partial charge in [-0.2, -0.15) is 0 Å². The number of hydrogen-bond donors (Lipinski definition) is 1. The zero-order valence-corrected chi connectivity index (χ0v) is 15.7. The zero-order chi connectivity index (χ0) is 18.4. The van der Waals surface area contributed by atoms with E-state index in [-0.39, 0.29) is 11.8 Å². The third-order valence-electron chi connectivity index (χ3n) is 6.64. The van der Waals surface area contributed by atoms with Gasteiger partial charge in [-0.15, -0.1) is 0 Å². The largest absolute Gasteiger partial charge is 0.492 e. The summed E-state index contributed by atoms with van der Waals surface area (Å²) in [5.74, 6) is 1.76. The second kappa shape index (κ2) is 6.37. The number of hydrogen-bond acceptors (Lipinski definition) is 4. The SMILES string of the molecule is Cn1ccnc1CN(C(=O)[C@H]1COc2ccccc21)[C@H]1CC12CCNCC2. The molecule has 2 atom stereocenters. The van der Waals surface area contributed by atoms with E-state index in [0.717, 1.165) is 49.5 Å². The first-order valence-corrected chi connectivity index (χ1v) is 9.87. The summed E-state index contributed by atoms with van der Waals surface area (Å²) in [7, 11) is 1.99. The van der Waals surface area contributed by atoms with Gasteiger partial charge in [0.2, 0.25) is 5.91 Å². The van der Waals surface area contributed by atoms with E-state index in [0.29, 0.717) is 24.6 Å². The molecule has 3 aliphatic rings. The standard InChI is InChI=1S/C21H26N4O2/c1-24-11-10-23-19(24)13-25(18-12-21(18)6-8-22-9-7-21)20(26)16-14-27-17-5-3-2-4-15(16)17/h2-5,10-11,16,18,22H,6-9,12-14H2,1H3/t16-,18-/m0/s1. The summed E-state index contributed by atoms with van der Waals surface area (Å²) in [4.78, 5) is 20.2. The number of fused-ring (bicyclic) bond motifs is 1. The molecule has 1 saturated carbocycles. The van der Waals surface area contributed by atoms with Crippen LogP contribution in [0.1, 0.15) is 36.6 Å². The normalized spacial score (nSPS) is 25.1. The molecule has 2 aliphatic heterocycles. The Labute approximate surface area is 159 Å². The van der Waals surface area contributed by atoms with Crippen LogP contribution in [0.15, 0.2) is 36.7 Å². The number of para-hydroxylation sites is 1. The van der Waals surface area contributed by atoms with Crippen LogP contribution in [0.3, 0.4) is 0 Å². The number of rotatable bonds is 4. The van der Waals surface area contributed by atoms with Gasteiger partial charge in [-0.1, -0.05) is 18.2 Å². The van der Waals surface area contributed by atoms with Crippen LogP contribution in [0.4, 0.5) is 0 Å². The zero-order valence-electron chi connectivity index (χ0n) is 15.7. The first-order valence-electron chi connectivity index (χ1n) is 9.87. The van der Waals surface area contributed by atoms with Gasteiger partial charge in [0, 0.05) is 31.0 Å². The number of aryl methyl sites for hydroxylation is 1. The minimum Gasteiger partial charge on any atom is -0.492 e. The number of carbonyl (C=O) groups excluding carboxylic acids is 1. The molecule has 1 aromatic heterocycles. The van der Waals surface area contributed by atoms with E-state index in [2.05, 4.69) is 15.2 Å². The second-order valence-corrected chi connectivity index (χ2v) is 8.15. The van der Waals surface area contributed by atoms with Gasteiger partial charge in [-0.25, -0.2) is 4.98 Å². The summed E-state index contributed by atoms with van der Waals surface area (Å²) in [6.07, 6.45) is 7.16. The van der Waals surface area contributed by atoms with Gasteiger partial charge in [-0.3, -0.25) is 4.79 Å². The molecule has 6 heteroatoms. The number of imidazole rings is 1. The molecule has 2 fully saturated rings. The second-order valence-electron chi connectivity index (χ2n) is 8.15. The Kier molecular flexibility index (Phi) is 3.97. The number of nitrogens with one attached hydrogen (secondary N) is 1. The molecule has 5 rings (SSSR count). The van der Waals surface area contributed by atoms with E-state index in [9.17, 15) is 4.79 Å². The fraction of sp³-hybridized carbons (Fsp3) is 0.524. The molecular weight excluding hydrogens is 340 g/mol. The van der Waals surface area contributed by atoms with Gasteiger partial charge in [0.05, 0.1) is 6.54 Å². The number of nitrogens with zero attached hydrogens (tertiary/aromatic N) is 3. The fourth-order valence-electron chi connectivity index (χ4n) is 4.84. The Hall–Kier alpha value is -2.34. The molecule has 2 aromatic rings. The number of carbonyl (C=O) groups is 1. The van der Waals surface area contributed by atoms with E-state index in [1.54, 1.807) is 6.20 Å². The summed E-state index contributed by atoms with van der Waals surface area (Å²) < 4.78 is 7.81. The highest BCUT2D eigenvalue weighted by Gasteiger charge is 2.58. The van der Waals surface area contributed by atoms with Gasteiger partial charge in [0.25, 0.3) is 0 Å². The van der Waals surface area contributed by atoms with Crippen LogP contribution < -0.4 is 10.1 Å². The van der Waals surface area contributed by atoms with Crippen molar-refractivity contribution in [3.63, 3.8) is 0 Å². The van der Waals surface area contributed by atoms with Crippen LogP contribution in [0.25, 0.3) is 0 Å². The van der Waals surface area contributed by atoms with Crippen molar-refractivity contribution < 1.29 is 9.53 Å². The van der Waals surface area contributed by atoms with Crippen LogP contribution in [0.5, 0.6) is 5.75 Å². The van der Waals surface area contributed by atoms with Gasteiger partial charge >= 0.3 is 0 Å². The molecule has 3 heterocycles. The average molecular weight is 366 g/mol. The molecule has 27 heavy (non-hydrogen) atoms. The summed E-state index contributed by atoms with van der Waals surface area (Å²) in [6.45, 7) is 3.12. The number of ether oxygens (including phenoxy) is 1. The number of amides is 1. The van der Waals surface area contributed by atoms with Crippen molar-refractivity contribution in [3.05, 3.63) is 48.0 Å². The van der Waals surface area contributed by atoms with Gasteiger partial charge in [0.1, 0.15) is 24.1 Å². The van der Waals surface area contributed by atoms with Crippen molar-refractivity contribution in [2.24, 2.45) is 12.5 Å². The lowest BCUT2D eigenvalue weighted by Gasteiger charge is -2.31. The van der Waals surface area contributed by atoms with Gasteiger partial charge in [0.15, 0.2) is 0 Å². The third kappa shape index (κ3) is 2.83. The maximum absolute atomic E-state index is 13.6. The van der Waals surface area contributed by atoms with E-state index in [4.69, 9.17) is 4.74 Å². The monoisotopic (exact) mass is 366 g/mol. The van der Waals surface area contributed by atoms with Crippen LogP contribution in [-0.2, 0) is 18.4 Å². The maximum Gasteiger partial charge on any atom is 0.234 e. The van der Waals surface area contributed by atoms with E-state index >= 15 is 0 Å². The topological polar surface area (TPSA) is 59.4 Å². The molecule has 1 N–H and O–H groups in total. The highest BCUT2D eigenvalue weighted by atomic mass is 16.5. The Bertz CT molecular complexity index is 855. The number of benzene rings is 1. The van der Waals surface area contributed by atoms with Crippen molar-refractivity contribution in [3.8, 4) is 5.75 Å². The van der Waals surface area contributed by atoms with E-state index in [1.165, 1.54) is 0 Å². The first kappa shape index (κ1) is 16.8. The molecule has 1 aliphatic carbocycles. The summed E-state index contributed by atoms with van der Waals surface area (Å²) in [5.41, 5.74) is 1.32. The molecule has 1 spiro atoms. The lowest BCUT2D eigenvalue weighted by molar-refractivity contribution is -0.135. The van der Waals surface area contributed by atoms with Crippen LogP contribution >= 0.6 is 0 Å². The van der Waals surface area contributed by atoms with Crippen molar-refractivity contribution in [1.82, 2.24) is 19.8 Å². The molecule has 1 amide bonds. The predicted molar refractivity (Wildman–Crippen MR) is 101 cm³/mol. The molecular formula is C21H26N4O2. The van der Waals surface area contributed by atoms with Crippen LogP contribution in [0, 0.1) is 5.41 Å². The Morgan fingerprint density at radius 2 is 2.19 bits per heavy atom. The van der Waals surface area contributed by atoms with Crippen molar-refractivity contribution in [2.75, 3.05) is 19.7 Å². The van der Waals surface area contributed by atoms with Gasteiger partial charge in [-0.05, 0) is 43.8 Å². The average Bonchev–Trinajstić information content (AvgIpc) is 3.04. The minimum absolute atomic E-state index is 0.184. The lowest BCUT2D eigenvalue weighted by atomic mass is 9.93. The molecule has 6 nitrogen and oxygen atoms in total. The van der Waals surface area contributed by atoms with Crippen LogP contribution in [-0.4, -0.2) is 46.1 Å². The first-order chi connectivity index (χ1) is 13.2. The van der Waals surface area contributed by atoms with Crippen molar-refractivity contribution >= 4 is 5.91 Å². The highest BCUT2D eigenvalue weighted by molar-refractivity contribution is 5.86. The quantitative estimate of drug-likeness (QED) is 0.900. The molecule has 0 bridgehead atoms. The predicted octanol–water partition coefficient (Wildman–Crippen LogP) is 2.07. The van der Waals surface area contributed by atoms with Crippen molar-refractivity contribution in [1.29, 1.82) is 0 Å². The Morgan fingerprint density at radius 3 is 2.96 bits per heavy atom. The van der Waals surface area contributed by atoms with Crippen molar-refractivity contribution in [2.45, 2.75) is 37.8 Å². The maximum atomic E-state index is 13.6. The molecule has 0 unspecified atom stereocenters. The molecule has 1 saturated heterocycles. The summed E-state index contributed by atoms with van der Waals surface area (Å²) in [6, 6.07) is 8.25. The third-order valence-corrected chi connectivity index (χ3v) is 6.64. The highest BCUT2D eigenvalue weighted by Crippen LogP contribution is 2.56. The molecule has 142 valence electrons. The number of aromatic nitrogens is 2. The Morgan fingerprint density at radius 1 is 1.37 bits per heavy atom. The van der Waals surface area contributed by atoms with Crippen LogP contribution in [0.2, 0.25) is 0 Å². The molecule has 0 radical (unpaired) electrons. The van der Waals surface area contributed by atoms with E-state index in [1.807, 2.05) is 42.1 Å². The summed E-state index contributed by atoms with van der Waals surface area (Å²) >= 11 is 0. The smallest absolute Gasteiger partial charge is 0.234 e. The lowest BCUT2D eigenvalue weighted by Crippen LogP contribution is -2.42. The molecule has 1 aromatic carbocycles.